The highest BCUT2D eigenvalue weighted by Crippen LogP contribution is 2.25. The lowest BCUT2D eigenvalue weighted by atomic mass is 10.0. The van der Waals surface area contributed by atoms with Crippen molar-refractivity contribution in [1.82, 2.24) is 4.31 Å². The maximum atomic E-state index is 12.1. The molecule has 0 spiro atoms. The van der Waals surface area contributed by atoms with Crippen LogP contribution in [0.3, 0.4) is 0 Å². The van der Waals surface area contributed by atoms with Gasteiger partial charge in [0.15, 0.2) is 0 Å². The van der Waals surface area contributed by atoms with Crippen LogP contribution in [0.5, 0.6) is 0 Å². The van der Waals surface area contributed by atoms with Crippen molar-refractivity contribution in [2.45, 2.75) is 50.8 Å². The number of piperidine rings is 1. The number of halogens is 1. The molecule has 5 heteroatoms. The van der Waals surface area contributed by atoms with E-state index in [1.807, 2.05) is 0 Å². The Morgan fingerprint density at radius 3 is 2.60 bits per heavy atom. The maximum absolute atomic E-state index is 12.1. The fourth-order valence-corrected chi connectivity index (χ4v) is 4.07. The molecular weight excluding hydrogens is 278 g/mol. The van der Waals surface area contributed by atoms with Crippen LogP contribution in [0.2, 0.25) is 0 Å². The van der Waals surface area contributed by atoms with Crippen LogP contribution in [0.25, 0.3) is 0 Å². The quantitative estimate of drug-likeness (QED) is 0.747. The molecule has 0 N–H and O–H groups in total. The molecule has 1 atom stereocenters. The smallest absolute Gasteiger partial charge is 0.212 e. The van der Waals surface area contributed by atoms with Gasteiger partial charge in [-0.2, -0.15) is 4.31 Å². The first-order chi connectivity index (χ1) is 7.00. The zero-order valence-electron chi connectivity index (χ0n) is 9.45. The number of hydrogen-bond acceptors (Lipinski definition) is 2. The first-order valence-corrected chi connectivity index (χ1v) is 8.19. The van der Waals surface area contributed by atoms with E-state index in [0.29, 0.717) is 6.54 Å². The molecule has 0 saturated carbocycles. The lowest BCUT2D eigenvalue weighted by Gasteiger charge is -2.35. The van der Waals surface area contributed by atoms with Gasteiger partial charge in [-0.15, -0.1) is 0 Å². The molecule has 0 bridgehead atoms. The van der Waals surface area contributed by atoms with Gasteiger partial charge in [-0.25, -0.2) is 8.42 Å². The number of alkyl halides is 1. The van der Waals surface area contributed by atoms with Gasteiger partial charge < -0.3 is 0 Å². The Hall–Kier alpha value is 0.390. The van der Waals surface area contributed by atoms with Gasteiger partial charge in [0.05, 0.1) is 5.25 Å². The van der Waals surface area contributed by atoms with Crippen LogP contribution in [0.15, 0.2) is 0 Å². The lowest BCUT2D eigenvalue weighted by molar-refractivity contribution is 0.246. The molecule has 0 amide bonds. The molecule has 0 aliphatic carbocycles. The Morgan fingerprint density at radius 2 is 2.07 bits per heavy atom. The average Bonchev–Trinajstić information content (AvgIpc) is 2.18. The summed E-state index contributed by atoms with van der Waals surface area (Å²) in [4.78, 5) is 0. The van der Waals surface area contributed by atoms with Crippen molar-refractivity contribution in [3.63, 3.8) is 0 Å². The van der Waals surface area contributed by atoms with Gasteiger partial charge in [0, 0.05) is 17.9 Å². The van der Waals surface area contributed by atoms with Crippen LogP contribution >= 0.6 is 15.9 Å². The highest BCUT2D eigenvalue weighted by atomic mass is 79.9. The first-order valence-electron chi connectivity index (χ1n) is 5.56. The van der Waals surface area contributed by atoms with Crippen LogP contribution in [0.1, 0.15) is 39.5 Å². The third-order valence-corrected chi connectivity index (χ3v) is 5.72. The second kappa shape index (κ2) is 5.64. The maximum Gasteiger partial charge on any atom is 0.216 e. The molecule has 0 aromatic carbocycles. The van der Waals surface area contributed by atoms with E-state index in [1.54, 1.807) is 18.2 Å². The summed E-state index contributed by atoms with van der Waals surface area (Å²) in [5, 5.41) is 0.579. The topological polar surface area (TPSA) is 37.4 Å². The average molecular weight is 298 g/mol. The Morgan fingerprint density at radius 1 is 1.40 bits per heavy atom. The molecule has 0 aromatic rings. The molecule has 3 nitrogen and oxygen atoms in total. The second-order valence-electron chi connectivity index (χ2n) is 4.33. The summed E-state index contributed by atoms with van der Waals surface area (Å²) < 4.78 is 25.9. The first kappa shape index (κ1) is 13.5. The van der Waals surface area contributed by atoms with Gasteiger partial charge in [-0.1, -0.05) is 22.4 Å². The SMILES string of the molecule is CC(C)S(=O)(=O)N1CCCCC1CCBr. The zero-order chi connectivity index (χ0) is 11.5. The minimum atomic E-state index is -3.06. The summed E-state index contributed by atoms with van der Waals surface area (Å²) in [5.41, 5.74) is 0. The van der Waals surface area contributed by atoms with Crippen LogP contribution < -0.4 is 0 Å². The molecule has 1 unspecified atom stereocenters. The van der Waals surface area contributed by atoms with Gasteiger partial charge in [0.1, 0.15) is 0 Å². The second-order valence-corrected chi connectivity index (χ2v) is 7.57. The summed E-state index contributed by atoms with van der Waals surface area (Å²) in [6.07, 6.45) is 4.09. The standard InChI is InChI=1S/C10H20BrNO2S/c1-9(2)15(13,14)12-8-4-3-5-10(12)6-7-11/h9-10H,3-8H2,1-2H3. The van der Waals surface area contributed by atoms with E-state index in [9.17, 15) is 8.42 Å². The Kier molecular flexibility index (Phi) is 5.06. The fourth-order valence-electron chi connectivity index (χ4n) is 1.99. The predicted molar refractivity (Wildman–Crippen MR) is 66.8 cm³/mol. The highest BCUT2D eigenvalue weighted by molar-refractivity contribution is 9.09. The van der Waals surface area contributed by atoms with E-state index in [4.69, 9.17) is 0 Å². The van der Waals surface area contributed by atoms with Gasteiger partial charge in [-0.05, 0) is 33.1 Å². The molecule has 1 heterocycles. The predicted octanol–water partition coefficient (Wildman–Crippen LogP) is 2.36. The van der Waals surface area contributed by atoms with Crippen LogP contribution in [0.4, 0.5) is 0 Å². The van der Waals surface area contributed by atoms with E-state index >= 15 is 0 Å². The molecular formula is C10H20BrNO2S. The van der Waals surface area contributed by atoms with Crippen molar-refractivity contribution < 1.29 is 8.42 Å². The minimum Gasteiger partial charge on any atom is -0.212 e. The van der Waals surface area contributed by atoms with E-state index in [1.165, 1.54) is 0 Å². The largest absolute Gasteiger partial charge is 0.216 e. The van der Waals surface area contributed by atoms with E-state index in [0.717, 1.165) is 31.0 Å². The number of nitrogens with zero attached hydrogens (tertiary/aromatic N) is 1. The molecule has 0 aromatic heterocycles. The molecule has 0 radical (unpaired) electrons. The minimum absolute atomic E-state index is 0.213. The summed E-state index contributed by atoms with van der Waals surface area (Å²) in [6.45, 7) is 4.22. The summed E-state index contributed by atoms with van der Waals surface area (Å²) in [6, 6.07) is 0.213. The van der Waals surface area contributed by atoms with Crippen molar-refractivity contribution >= 4 is 26.0 Å². The van der Waals surface area contributed by atoms with Crippen molar-refractivity contribution in [3.8, 4) is 0 Å². The van der Waals surface area contributed by atoms with Gasteiger partial charge >= 0.3 is 0 Å². The fraction of sp³-hybridized carbons (Fsp3) is 1.00. The van der Waals surface area contributed by atoms with Crippen LogP contribution in [-0.2, 0) is 10.0 Å². The van der Waals surface area contributed by atoms with Crippen molar-refractivity contribution in [1.29, 1.82) is 0 Å². The van der Waals surface area contributed by atoms with Gasteiger partial charge in [0.2, 0.25) is 10.0 Å². The molecule has 1 aliphatic heterocycles. The summed E-state index contributed by atoms with van der Waals surface area (Å²) >= 11 is 3.39. The molecule has 90 valence electrons. The Bertz CT molecular complexity index is 288. The number of sulfonamides is 1. The highest BCUT2D eigenvalue weighted by Gasteiger charge is 2.33. The van der Waals surface area contributed by atoms with E-state index in [2.05, 4.69) is 15.9 Å². The number of hydrogen-bond donors (Lipinski definition) is 0. The van der Waals surface area contributed by atoms with Crippen LogP contribution in [-0.4, -0.2) is 35.9 Å². The zero-order valence-corrected chi connectivity index (χ0v) is 11.8. The van der Waals surface area contributed by atoms with E-state index < -0.39 is 10.0 Å². The summed E-state index contributed by atoms with van der Waals surface area (Å²) in [7, 11) is -3.06. The normalized spacial score (nSPS) is 24.7. The van der Waals surface area contributed by atoms with Crippen molar-refractivity contribution in [2.75, 3.05) is 11.9 Å². The third-order valence-electron chi connectivity index (χ3n) is 2.94. The van der Waals surface area contributed by atoms with Crippen molar-refractivity contribution in [2.24, 2.45) is 0 Å². The molecule has 1 aliphatic rings. The van der Waals surface area contributed by atoms with Crippen LogP contribution in [0, 0.1) is 0 Å². The molecule has 1 saturated heterocycles. The molecule has 15 heavy (non-hydrogen) atoms. The Labute approximate surface area is 101 Å². The molecule has 1 fully saturated rings. The van der Waals surface area contributed by atoms with Gasteiger partial charge in [0.25, 0.3) is 0 Å². The number of rotatable bonds is 4. The molecule has 1 rings (SSSR count). The lowest BCUT2D eigenvalue weighted by Crippen LogP contribution is -2.46. The Balaban J connectivity index is 2.80. The van der Waals surface area contributed by atoms with E-state index in [-0.39, 0.29) is 11.3 Å². The van der Waals surface area contributed by atoms with Crippen molar-refractivity contribution in [3.05, 3.63) is 0 Å². The van der Waals surface area contributed by atoms with Gasteiger partial charge in [-0.3, -0.25) is 0 Å². The third kappa shape index (κ3) is 3.17. The summed E-state index contributed by atoms with van der Waals surface area (Å²) in [5.74, 6) is 0. The monoisotopic (exact) mass is 297 g/mol.